The maximum atomic E-state index is 10.1. The fourth-order valence-corrected chi connectivity index (χ4v) is 1.72. The van der Waals surface area contributed by atoms with Crippen LogP contribution in [0.4, 0.5) is 0 Å². The maximum Gasteiger partial charge on any atom is 0.106 e. The third-order valence-electron chi connectivity index (χ3n) is 2.26. The van der Waals surface area contributed by atoms with E-state index < -0.39 is 6.10 Å². The molecule has 0 aliphatic heterocycles. The highest BCUT2D eigenvalue weighted by molar-refractivity contribution is 6.42. The fraction of sp³-hybridized carbons (Fsp3) is 0.0833. The van der Waals surface area contributed by atoms with Gasteiger partial charge in [0, 0.05) is 18.0 Å². The number of nitrogens with zero attached hydrogens (tertiary/aromatic N) is 1. The first kappa shape index (κ1) is 11.4. The second-order valence-electron chi connectivity index (χ2n) is 3.36. The highest BCUT2D eigenvalue weighted by Crippen LogP contribution is 2.28. The van der Waals surface area contributed by atoms with Crippen LogP contribution in [0.15, 0.2) is 42.7 Å². The lowest BCUT2D eigenvalue weighted by Gasteiger charge is -2.11. The first-order valence-electron chi connectivity index (χ1n) is 4.71. The van der Waals surface area contributed by atoms with E-state index in [2.05, 4.69) is 4.98 Å². The summed E-state index contributed by atoms with van der Waals surface area (Å²) < 4.78 is 0. The molecular weight excluding hydrogens is 245 g/mol. The molecule has 1 N–H and O–H groups in total. The molecule has 0 spiro atoms. The molecule has 0 amide bonds. The monoisotopic (exact) mass is 253 g/mol. The lowest BCUT2D eigenvalue weighted by molar-refractivity contribution is 0.220. The maximum absolute atomic E-state index is 10.1. The summed E-state index contributed by atoms with van der Waals surface area (Å²) in [6.45, 7) is 0. The van der Waals surface area contributed by atoms with Crippen molar-refractivity contribution in [2.45, 2.75) is 6.10 Å². The van der Waals surface area contributed by atoms with Crippen LogP contribution in [0.1, 0.15) is 17.2 Å². The summed E-state index contributed by atoms with van der Waals surface area (Å²) in [5.41, 5.74) is 1.42. The lowest BCUT2D eigenvalue weighted by atomic mass is 10.0. The Morgan fingerprint density at radius 1 is 1.06 bits per heavy atom. The van der Waals surface area contributed by atoms with Gasteiger partial charge in [-0.3, -0.25) is 4.98 Å². The molecule has 0 saturated heterocycles. The van der Waals surface area contributed by atoms with E-state index in [1.54, 1.807) is 42.7 Å². The quantitative estimate of drug-likeness (QED) is 0.890. The van der Waals surface area contributed by atoms with Crippen LogP contribution in [-0.4, -0.2) is 10.1 Å². The van der Waals surface area contributed by atoms with Crippen molar-refractivity contribution in [3.63, 3.8) is 0 Å². The van der Waals surface area contributed by atoms with Gasteiger partial charge in [0.05, 0.1) is 10.0 Å². The lowest BCUT2D eigenvalue weighted by Crippen LogP contribution is -1.99. The molecule has 2 aromatic rings. The molecule has 1 aromatic carbocycles. The van der Waals surface area contributed by atoms with Crippen LogP contribution in [0.2, 0.25) is 10.0 Å². The van der Waals surface area contributed by atoms with Gasteiger partial charge >= 0.3 is 0 Å². The van der Waals surface area contributed by atoms with Crippen LogP contribution < -0.4 is 0 Å². The summed E-state index contributed by atoms with van der Waals surface area (Å²) >= 11 is 11.7. The van der Waals surface area contributed by atoms with Crippen molar-refractivity contribution in [3.8, 4) is 0 Å². The van der Waals surface area contributed by atoms with Crippen molar-refractivity contribution in [1.29, 1.82) is 0 Å². The van der Waals surface area contributed by atoms with Gasteiger partial charge in [-0.15, -0.1) is 0 Å². The second-order valence-corrected chi connectivity index (χ2v) is 4.18. The molecule has 0 radical (unpaired) electrons. The number of hydrogen-bond acceptors (Lipinski definition) is 2. The number of benzene rings is 1. The van der Waals surface area contributed by atoms with Crippen molar-refractivity contribution in [3.05, 3.63) is 63.9 Å². The Morgan fingerprint density at radius 2 is 1.88 bits per heavy atom. The molecule has 0 fully saturated rings. The van der Waals surface area contributed by atoms with Crippen LogP contribution in [0.3, 0.4) is 0 Å². The SMILES string of the molecule is OC(c1cccnc1)c1ccc(Cl)c(Cl)c1. The van der Waals surface area contributed by atoms with Crippen molar-refractivity contribution in [2.75, 3.05) is 0 Å². The number of aromatic nitrogens is 1. The molecular formula is C12H9Cl2NO. The first-order valence-corrected chi connectivity index (χ1v) is 5.47. The van der Waals surface area contributed by atoms with Crippen molar-refractivity contribution >= 4 is 23.2 Å². The van der Waals surface area contributed by atoms with Crippen molar-refractivity contribution < 1.29 is 5.11 Å². The zero-order valence-corrected chi connectivity index (χ0v) is 9.78. The highest BCUT2D eigenvalue weighted by atomic mass is 35.5. The molecule has 82 valence electrons. The topological polar surface area (TPSA) is 33.1 Å². The first-order chi connectivity index (χ1) is 7.68. The van der Waals surface area contributed by atoms with Crippen LogP contribution in [0.25, 0.3) is 0 Å². The van der Waals surface area contributed by atoms with Crippen molar-refractivity contribution in [2.24, 2.45) is 0 Å². The third-order valence-corrected chi connectivity index (χ3v) is 3.00. The van der Waals surface area contributed by atoms with E-state index in [-0.39, 0.29) is 0 Å². The van der Waals surface area contributed by atoms with E-state index in [0.717, 1.165) is 5.56 Å². The van der Waals surface area contributed by atoms with Crippen LogP contribution in [0, 0.1) is 0 Å². The second kappa shape index (κ2) is 4.83. The van der Waals surface area contributed by atoms with E-state index in [1.807, 2.05) is 0 Å². The smallest absolute Gasteiger partial charge is 0.106 e. The zero-order valence-electron chi connectivity index (χ0n) is 8.27. The molecule has 2 rings (SSSR count). The van der Waals surface area contributed by atoms with Crippen LogP contribution in [0.5, 0.6) is 0 Å². The highest BCUT2D eigenvalue weighted by Gasteiger charge is 2.11. The Bertz CT molecular complexity index is 488. The third kappa shape index (κ3) is 2.35. The number of hydrogen-bond donors (Lipinski definition) is 1. The molecule has 1 aromatic heterocycles. The number of aliphatic hydroxyl groups excluding tert-OH is 1. The molecule has 1 unspecified atom stereocenters. The zero-order chi connectivity index (χ0) is 11.5. The Kier molecular flexibility index (Phi) is 3.44. The van der Waals surface area contributed by atoms with E-state index in [1.165, 1.54) is 0 Å². The summed E-state index contributed by atoms with van der Waals surface area (Å²) in [5.74, 6) is 0. The molecule has 1 heterocycles. The summed E-state index contributed by atoms with van der Waals surface area (Å²) in [6.07, 6.45) is 2.54. The number of halogens is 2. The minimum atomic E-state index is -0.733. The molecule has 2 nitrogen and oxygen atoms in total. The average Bonchev–Trinajstić information content (AvgIpc) is 2.33. The van der Waals surface area contributed by atoms with E-state index in [9.17, 15) is 5.11 Å². The summed E-state index contributed by atoms with van der Waals surface area (Å²) in [7, 11) is 0. The van der Waals surface area contributed by atoms with Crippen LogP contribution in [-0.2, 0) is 0 Å². The molecule has 0 bridgehead atoms. The largest absolute Gasteiger partial charge is 0.384 e. The summed E-state index contributed by atoms with van der Waals surface area (Å²) in [5, 5.41) is 11.0. The number of aliphatic hydroxyl groups is 1. The molecule has 1 atom stereocenters. The molecule has 16 heavy (non-hydrogen) atoms. The predicted molar refractivity (Wildman–Crippen MR) is 64.8 cm³/mol. The van der Waals surface area contributed by atoms with E-state index >= 15 is 0 Å². The molecule has 4 heteroatoms. The minimum absolute atomic E-state index is 0.433. The van der Waals surface area contributed by atoms with Crippen molar-refractivity contribution in [1.82, 2.24) is 4.98 Å². The number of pyridine rings is 1. The van der Waals surface area contributed by atoms with Gasteiger partial charge in [-0.1, -0.05) is 35.3 Å². The Labute approximate surface area is 103 Å². The van der Waals surface area contributed by atoms with Gasteiger partial charge in [0.15, 0.2) is 0 Å². The standard InChI is InChI=1S/C12H9Cl2NO/c13-10-4-3-8(6-11(10)14)12(16)9-2-1-5-15-7-9/h1-7,12,16H. The van der Waals surface area contributed by atoms with Gasteiger partial charge in [0.25, 0.3) is 0 Å². The summed E-state index contributed by atoms with van der Waals surface area (Å²) in [4.78, 5) is 3.95. The van der Waals surface area contributed by atoms with Gasteiger partial charge in [0.1, 0.15) is 6.10 Å². The normalized spacial score (nSPS) is 12.4. The average molecular weight is 254 g/mol. The number of rotatable bonds is 2. The molecule has 0 saturated carbocycles. The van der Waals surface area contributed by atoms with E-state index in [0.29, 0.717) is 15.6 Å². The van der Waals surface area contributed by atoms with E-state index in [4.69, 9.17) is 23.2 Å². The van der Waals surface area contributed by atoms with Gasteiger partial charge in [-0.25, -0.2) is 0 Å². The van der Waals surface area contributed by atoms with Gasteiger partial charge in [-0.2, -0.15) is 0 Å². The minimum Gasteiger partial charge on any atom is -0.384 e. The molecule has 0 aliphatic carbocycles. The Morgan fingerprint density at radius 3 is 2.50 bits per heavy atom. The Balaban J connectivity index is 2.34. The van der Waals surface area contributed by atoms with Gasteiger partial charge < -0.3 is 5.11 Å². The van der Waals surface area contributed by atoms with Gasteiger partial charge in [0.2, 0.25) is 0 Å². The fourth-order valence-electron chi connectivity index (χ4n) is 1.41. The van der Waals surface area contributed by atoms with Crippen LogP contribution >= 0.6 is 23.2 Å². The van der Waals surface area contributed by atoms with Gasteiger partial charge in [-0.05, 0) is 23.8 Å². The predicted octanol–water partition coefficient (Wildman–Crippen LogP) is 3.47. The molecule has 0 aliphatic rings. The summed E-state index contributed by atoms with van der Waals surface area (Å²) in [6, 6.07) is 8.64. The Hall–Kier alpha value is -1.09.